The van der Waals surface area contributed by atoms with Crippen molar-refractivity contribution in [2.45, 2.75) is 32.4 Å². The number of anilines is 1. The predicted octanol–water partition coefficient (Wildman–Crippen LogP) is 0.919. The Labute approximate surface area is 149 Å². The summed E-state index contributed by atoms with van der Waals surface area (Å²) in [6, 6.07) is 9.31. The van der Waals surface area contributed by atoms with Crippen LogP contribution in [0, 0.1) is 5.92 Å². The second-order valence-electron chi connectivity index (χ2n) is 7.26. The number of hydrogen-bond acceptors (Lipinski definition) is 4. The smallest absolute Gasteiger partial charge is 0.244 e. The highest BCUT2D eigenvalue weighted by Gasteiger charge is 2.38. The van der Waals surface area contributed by atoms with E-state index < -0.39 is 6.04 Å². The van der Waals surface area contributed by atoms with Gasteiger partial charge in [-0.1, -0.05) is 32.0 Å². The molecule has 2 saturated heterocycles. The summed E-state index contributed by atoms with van der Waals surface area (Å²) >= 11 is 0. The van der Waals surface area contributed by atoms with Crippen LogP contribution in [0.25, 0.3) is 0 Å². The molecule has 2 N–H and O–H groups in total. The molecule has 136 valence electrons. The number of para-hydroxylation sites is 1. The van der Waals surface area contributed by atoms with Gasteiger partial charge in [0.15, 0.2) is 0 Å². The van der Waals surface area contributed by atoms with Crippen LogP contribution in [0.5, 0.6) is 0 Å². The maximum absolute atomic E-state index is 12.8. The van der Waals surface area contributed by atoms with E-state index in [0.29, 0.717) is 13.1 Å². The van der Waals surface area contributed by atoms with Gasteiger partial charge < -0.3 is 15.5 Å². The number of benzene rings is 1. The van der Waals surface area contributed by atoms with Crippen molar-refractivity contribution in [2.75, 3.05) is 37.6 Å². The fourth-order valence-corrected chi connectivity index (χ4v) is 3.62. The minimum atomic E-state index is -0.437. The summed E-state index contributed by atoms with van der Waals surface area (Å²) in [4.78, 5) is 31.1. The molecule has 0 bridgehead atoms. The molecule has 0 aliphatic carbocycles. The molecular weight excluding hydrogens is 316 g/mol. The van der Waals surface area contributed by atoms with Crippen LogP contribution in [0.15, 0.2) is 30.3 Å². The Bertz CT molecular complexity index is 611. The molecule has 1 unspecified atom stereocenters. The number of carbonyl (C=O) groups is 2. The fourth-order valence-electron chi connectivity index (χ4n) is 3.62. The second kappa shape index (κ2) is 7.54. The van der Waals surface area contributed by atoms with Crippen LogP contribution < -0.4 is 10.6 Å². The third kappa shape index (κ3) is 3.70. The average molecular weight is 344 g/mol. The summed E-state index contributed by atoms with van der Waals surface area (Å²) in [6.45, 7) is 7.45. The minimum absolute atomic E-state index is 0.0262. The zero-order valence-electron chi connectivity index (χ0n) is 15.1. The molecule has 25 heavy (non-hydrogen) atoms. The summed E-state index contributed by atoms with van der Waals surface area (Å²) in [5.41, 5.74) is 6.95. The third-order valence-electron chi connectivity index (χ3n) is 5.32. The molecule has 0 saturated carbocycles. The van der Waals surface area contributed by atoms with Crippen LogP contribution in [0.3, 0.4) is 0 Å². The number of piperazine rings is 1. The van der Waals surface area contributed by atoms with Gasteiger partial charge in [-0.25, -0.2) is 0 Å². The van der Waals surface area contributed by atoms with E-state index in [1.807, 2.05) is 54.0 Å². The van der Waals surface area contributed by atoms with Crippen LogP contribution in [0.2, 0.25) is 0 Å². The van der Waals surface area contributed by atoms with E-state index >= 15 is 0 Å². The van der Waals surface area contributed by atoms with Gasteiger partial charge in [-0.15, -0.1) is 0 Å². The van der Waals surface area contributed by atoms with Crippen LogP contribution >= 0.6 is 0 Å². The molecule has 0 spiro atoms. The first-order chi connectivity index (χ1) is 12.0. The van der Waals surface area contributed by atoms with Crippen LogP contribution in [0.4, 0.5) is 5.69 Å². The van der Waals surface area contributed by atoms with Crippen molar-refractivity contribution in [3.63, 3.8) is 0 Å². The van der Waals surface area contributed by atoms with Gasteiger partial charge in [-0.2, -0.15) is 0 Å². The topological polar surface area (TPSA) is 69.9 Å². The van der Waals surface area contributed by atoms with Crippen LogP contribution in [0.1, 0.15) is 20.3 Å². The van der Waals surface area contributed by atoms with Gasteiger partial charge in [0, 0.05) is 38.4 Å². The van der Waals surface area contributed by atoms with E-state index in [9.17, 15) is 9.59 Å². The van der Waals surface area contributed by atoms with Gasteiger partial charge in [0.05, 0.1) is 12.1 Å². The lowest BCUT2D eigenvalue weighted by Gasteiger charge is -2.38. The Balaban J connectivity index is 1.57. The molecule has 2 amide bonds. The number of rotatable bonds is 4. The molecular formula is C19H28N4O2. The summed E-state index contributed by atoms with van der Waals surface area (Å²) in [5, 5.41) is 0. The number of carbonyl (C=O) groups excluding carboxylic acids is 2. The van der Waals surface area contributed by atoms with Crippen molar-refractivity contribution in [1.82, 2.24) is 9.80 Å². The Kier molecular flexibility index (Phi) is 5.39. The lowest BCUT2D eigenvalue weighted by Crippen LogP contribution is -2.57. The second-order valence-corrected chi connectivity index (χ2v) is 7.26. The quantitative estimate of drug-likeness (QED) is 0.882. The molecule has 0 aromatic heterocycles. The van der Waals surface area contributed by atoms with Crippen molar-refractivity contribution >= 4 is 17.5 Å². The zero-order valence-corrected chi connectivity index (χ0v) is 15.1. The summed E-state index contributed by atoms with van der Waals surface area (Å²) in [6.07, 6.45) is 0.840. The number of nitrogens with zero attached hydrogens (tertiary/aromatic N) is 3. The highest BCUT2D eigenvalue weighted by molar-refractivity contribution is 5.99. The molecule has 0 radical (unpaired) electrons. The van der Waals surface area contributed by atoms with E-state index in [1.165, 1.54) is 0 Å². The predicted molar refractivity (Wildman–Crippen MR) is 98.2 cm³/mol. The van der Waals surface area contributed by atoms with Gasteiger partial charge in [-0.05, 0) is 24.5 Å². The maximum Gasteiger partial charge on any atom is 0.244 e. The zero-order chi connectivity index (χ0) is 18.0. The highest BCUT2D eigenvalue weighted by atomic mass is 16.2. The molecule has 1 aromatic rings. The molecule has 6 nitrogen and oxygen atoms in total. The molecule has 6 heteroatoms. The Morgan fingerprint density at radius 3 is 2.32 bits per heavy atom. The molecule has 2 heterocycles. The van der Waals surface area contributed by atoms with Crippen LogP contribution in [-0.4, -0.2) is 66.4 Å². The molecule has 1 aromatic carbocycles. The SMILES string of the molecule is CC(C)[C@H](N)C(=O)N1CCN(C2CCN(c3ccccc3)C2=O)CC1. The van der Waals surface area contributed by atoms with Crippen molar-refractivity contribution in [3.05, 3.63) is 30.3 Å². The molecule has 2 fully saturated rings. The van der Waals surface area contributed by atoms with E-state index in [0.717, 1.165) is 31.7 Å². The molecule has 2 aliphatic rings. The number of amides is 2. The highest BCUT2D eigenvalue weighted by Crippen LogP contribution is 2.25. The first-order valence-corrected chi connectivity index (χ1v) is 9.14. The lowest BCUT2D eigenvalue weighted by atomic mass is 10.0. The third-order valence-corrected chi connectivity index (χ3v) is 5.32. The average Bonchev–Trinajstić information content (AvgIpc) is 3.02. The summed E-state index contributed by atoms with van der Waals surface area (Å²) in [7, 11) is 0. The van der Waals surface area contributed by atoms with Crippen molar-refractivity contribution in [3.8, 4) is 0 Å². The standard InChI is InChI=1S/C19H28N4O2/c1-14(2)17(20)19(25)22-12-10-21(11-13-22)16-8-9-23(18(16)24)15-6-4-3-5-7-15/h3-7,14,16-17H,8-13,20H2,1-2H3/t16?,17-/m0/s1. The maximum atomic E-state index is 12.8. The normalized spacial score (nSPS) is 23.4. The van der Waals surface area contributed by atoms with Crippen molar-refractivity contribution in [1.29, 1.82) is 0 Å². The Hall–Kier alpha value is -1.92. The largest absolute Gasteiger partial charge is 0.339 e. The minimum Gasteiger partial charge on any atom is -0.339 e. The summed E-state index contributed by atoms with van der Waals surface area (Å²) < 4.78 is 0. The fraction of sp³-hybridized carbons (Fsp3) is 0.579. The number of nitrogens with two attached hydrogens (primary N) is 1. The van der Waals surface area contributed by atoms with E-state index in [-0.39, 0.29) is 23.8 Å². The summed E-state index contributed by atoms with van der Waals surface area (Å²) in [5.74, 6) is 0.338. The van der Waals surface area contributed by atoms with Gasteiger partial charge in [0.2, 0.25) is 11.8 Å². The Morgan fingerprint density at radius 2 is 1.72 bits per heavy atom. The molecule has 3 rings (SSSR count). The van der Waals surface area contributed by atoms with Crippen molar-refractivity contribution < 1.29 is 9.59 Å². The first kappa shape index (κ1) is 17.9. The van der Waals surface area contributed by atoms with Gasteiger partial charge in [0.1, 0.15) is 0 Å². The van der Waals surface area contributed by atoms with Gasteiger partial charge in [0.25, 0.3) is 0 Å². The van der Waals surface area contributed by atoms with Crippen LogP contribution in [-0.2, 0) is 9.59 Å². The van der Waals surface area contributed by atoms with E-state index in [1.54, 1.807) is 0 Å². The van der Waals surface area contributed by atoms with E-state index in [4.69, 9.17) is 5.73 Å². The molecule has 2 atom stereocenters. The first-order valence-electron chi connectivity index (χ1n) is 9.14. The Morgan fingerprint density at radius 1 is 1.08 bits per heavy atom. The lowest BCUT2D eigenvalue weighted by molar-refractivity contribution is -0.136. The van der Waals surface area contributed by atoms with Crippen molar-refractivity contribution in [2.24, 2.45) is 11.7 Å². The molecule has 2 aliphatic heterocycles. The van der Waals surface area contributed by atoms with Gasteiger partial charge in [-0.3, -0.25) is 14.5 Å². The van der Waals surface area contributed by atoms with E-state index in [2.05, 4.69) is 4.90 Å². The van der Waals surface area contributed by atoms with Gasteiger partial charge >= 0.3 is 0 Å². The monoisotopic (exact) mass is 344 g/mol. The number of hydrogen-bond donors (Lipinski definition) is 1.